The van der Waals surface area contributed by atoms with E-state index in [1.807, 2.05) is 0 Å². The summed E-state index contributed by atoms with van der Waals surface area (Å²) < 4.78 is 15.3. The van der Waals surface area contributed by atoms with Gasteiger partial charge < -0.3 is 19.3 Å². The van der Waals surface area contributed by atoms with Gasteiger partial charge in [0, 0.05) is 43.8 Å². The molecule has 11 rings (SSSR count). The maximum Gasteiger partial charge on any atom is 0.256 e. The van der Waals surface area contributed by atoms with E-state index in [-0.39, 0.29) is 18.8 Å². The molecular weight excluding hydrogens is 809 g/mol. The molecule has 7 aromatic carbocycles. The van der Waals surface area contributed by atoms with Crippen molar-refractivity contribution in [1.82, 2.24) is 0 Å². The average Bonchev–Trinajstić information content (AvgIpc) is 3.17. The molecule has 0 unspecified atom stereocenters. The number of halogens is 1. The lowest BCUT2D eigenvalue weighted by Crippen LogP contribution is -2.63. The summed E-state index contributed by atoms with van der Waals surface area (Å²) in [6, 6.07) is 45.3. The third kappa shape index (κ3) is 5.20. The first kappa shape index (κ1) is 34.8. The van der Waals surface area contributed by atoms with E-state index in [9.17, 15) is 0 Å². The Balaban J connectivity index is 1.17. The van der Waals surface area contributed by atoms with Crippen LogP contribution in [0.25, 0.3) is 0 Å². The van der Waals surface area contributed by atoms with E-state index in [0.29, 0.717) is 0 Å². The van der Waals surface area contributed by atoms with E-state index in [2.05, 4.69) is 202 Å². The number of anilines is 6. The third-order valence-corrected chi connectivity index (χ3v) is 13.1. The van der Waals surface area contributed by atoms with E-state index >= 15 is 0 Å². The van der Waals surface area contributed by atoms with Crippen molar-refractivity contribution >= 4 is 103 Å². The van der Waals surface area contributed by atoms with Crippen molar-refractivity contribution in [3.63, 3.8) is 0 Å². The van der Waals surface area contributed by atoms with Crippen molar-refractivity contribution in [2.24, 2.45) is 0 Å². The summed E-state index contributed by atoms with van der Waals surface area (Å²) in [5.41, 5.74) is 20.6. The van der Waals surface area contributed by atoms with E-state index in [0.717, 1.165) is 43.6 Å². The highest BCUT2D eigenvalue weighted by atomic mass is 127. The fourth-order valence-corrected chi connectivity index (χ4v) is 10.3. The van der Waals surface area contributed by atoms with Gasteiger partial charge in [-0.2, -0.15) is 0 Å². The number of hydrogen-bond donors (Lipinski definition) is 0. The number of rotatable bonds is 2. The Morgan fingerprint density at radius 1 is 0.474 bits per heavy atom. The second-order valence-electron chi connectivity index (χ2n) is 17.4. The fraction of sp³-hybridized carbons (Fsp3) is 0.160. The fourth-order valence-electron chi connectivity index (χ4n) is 9.69. The summed E-state index contributed by atoms with van der Waals surface area (Å²) in [5.74, 6) is 3.53. The predicted octanol–water partition coefficient (Wildman–Crippen LogP) is 9.63. The first-order valence-corrected chi connectivity index (χ1v) is 21.0. The Bertz CT molecular complexity index is 2860. The Kier molecular flexibility index (Phi) is 7.51. The standard InChI is InChI=1S/C50H41B2IN2O2/c1-28-11-16-34(17-12-28)54-39-20-15-30(3)21-36(39)51-37-26-38-44(27-43(37)57-46-25-33(53)24-42(54)48(46)51)56-45-23-32(50(5,6)7)22-41-49(45)52(38)47-31(4)9-8-10-40(47)55(41)35-18-13-29(2)14-19-35/h8-27H,1-7H3. The molecule has 0 N–H and O–H groups in total. The van der Waals surface area contributed by atoms with Crippen molar-refractivity contribution in [1.29, 1.82) is 0 Å². The molecule has 4 aliphatic rings. The molecule has 4 nitrogen and oxygen atoms in total. The monoisotopic (exact) mass is 850 g/mol. The maximum absolute atomic E-state index is 7.16. The van der Waals surface area contributed by atoms with Gasteiger partial charge in [-0.1, -0.05) is 97.6 Å². The predicted molar refractivity (Wildman–Crippen MR) is 249 cm³/mol. The minimum atomic E-state index is -0.0903. The van der Waals surface area contributed by atoms with Crippen LogP contribution in [0.1, 0.15) is 48.6 Å². The minimum Gasteiger partial charge on any atom is -0.458 e. The zero-order valence-electron chi connectivity index (χ0n) is 33.3. The van der Waals surface area contributed by atoms with Crippen molar-refractivity contribution in [2.45, 2.75) is 53.9 Å². The summed E-state index contributed by atoms with van der Waals surface area (Å²) in [4.78, 5) is 4.89. The highest BCUT2D eigenvalue weighted by Gasteiger charge is 2.47. The zero-order valence-corrected chi connectivity index (χ0v) is 35.4. The second kappa shape index (κ2) is 12.3. The van der Waals surface area contributed by atoms with Gasteiger partial charge in [0.25, 0.3) is 13.4 Å². The lowest BCUT2D eigenvalue weighted by atomic mass is 9.30. The Hall–Kier alpha value is -5.40. The number of aryl methyl sites for hydroxylation is 4. The number of nitrogens with zero attached hydrogens (tertiary/aromatic N) is 2. The summed E-state index contributed by atoms with van der Waals surface area (Å²) in [5, 5.41) is 0. The van der Waals surface area contributed by atoms with E-state index in [1.165, 1.54) is 77.7 Å². The molecule has 276 valence electrons. The van der Waals surface area contributed by atoms with Crippen LogP contribution in [0, 0.1) is 31.3 Å². The molecule has 4 heterocycles. The molecular formula is C50H41B2IN2O2. The van der Waals surface area contributed by atoms with Crippen LogP contribution in [0.15, 0.2) is 121 Å². The normalized spacial score (nSPS) is 14.1. The largest absolute Gasteiger partial charge is 0.458 e. The van der Waals surface area contributed by atoms with Gasteiger partial charge in [-0.3, -0.25) is 0 Å². The van der Waals surface area contributed by atoms with Crippen molar-refractivity contribution in [3.8, 4) is 23.0 Å². The molecule has 7 heteroatoms. The smallest absolute Gasteiger partial charge is 0.256 e. The van der Waals surface area contributed by atoms with Crippen LogP contribution in [-0.2, 0) is 5.41 Å². The van der Waals surface area contributed by atoms with Crippen molar-refractivity contribution in [3.05, 3.63) is 153 Å². The van der Waals surface area contributed by atoms with Crippen LogP contribution >= 0.6 is 22.6 Å². The summed E-state index contributed by atoms with van der Waals surface area (Å²) >= 11 is 2.44. The topological polar surface area (TPSA) is 24.9 Å². The molecule has 57 heavy (non-hydrogen) atoms. The highest BCUT2D eigenvalue weighted by molar-refractivity contribution is 14.1. The van der Waals surface area contributed by atoms with Crippen LogP contribution in [0.4, 0.5) is 34.1 Å². The molecule has 7 aromatic rings. The van der Waals surface area contributed by atoms with Gasteiger partial charge in [0.2, 0.25) is 0 Å². The molecule has 0 saturated heterocycles. The van der Waals surface area contributed by atoms with Gasteiger partial charge in [-0.25, -0.2) is 0 Å². The lowest BCUT2D eigenvalue weighted by molar-refractivity contribution is 0.464. The van der Waals surface area contributed by atoms with E-state index < -0.39 is 0 Å². The average molecular weight is 850 g/mol. The van der Waals surface area contributed by atoms with Crippen LogP contribution in [-0.4, -0.2) is 13.4 Å². The van der Waals surface area contributed by atoms with Gasteiger partial charge in [-0.15, -0.1) is 0 Å². The molecule has 0 atom stereocenters. The van der Waals surface area contributed by atoms with Gasteiger partial charge >= 0.3 is 0 Å². The first-order valence-electron chi connectivity index (χ1n) is 19.9. The highest BCUT2D eigenvalue weighted by Crippen LogP contribution is 2.46. The molecule has 0 saturated carbocycles. The van der Waals surface area contributed by atoms with Crippen LogP contribution in [0.5, 0.6) is 23.0 Å². The molecule has 0 bridgehead atoms. The van der Waals surface area contributed by atoms with Crippen molar-refractivity contribution in [2.75, 3.05) is 9.80 Å². The van der Waals surface area contributed by atoms with Gasteiger partial charge in [0.05, 0.1) is 0 Å². The number of hydrogen-bond acceptors (Lipinski definition) is 4. The molecule has 0 fully saturated rings. The first-order chi connectivity index (χ1) is 27.4. The van der Waals surface area contributed by atoms with Crippen LogP contribution < -0.4 is 52.1 Å². The van der Waals surface area contributed by atoms with Gasteiger partial charge in [0.15, 0.2) is 0 Å². The Morgan fingerprint density at radius 3 is 1.72 bits per heavy atom. The van der Waals surface area contributed by atoms with Crippen molar-refractivity contribution < 1.29 is 9.47 Å². The number of ether oxygens (including phenoxy) is 2. The van der Waals surface area contributed by atoms with Gasteiger partial charge in [-0.05, 0) is 155 Å². The quantitative estimate of drug-likeness (QED) is 0.128. The zero-order chi connectivity index (χ0) is 39.1. The Morgan fingerprint density at radius 2 is 1.05 bits per heavy atom. The molecule has 0 aromatic heterocycles. The molecule has 0 aliphatic carbocycles. The Labute approximate surface area is 349 Å². The maximum atomic E-state index is 7.16. The summed E-state index contributed by atoms with van der Waals surface area (Å²) in [7, 11) is 0. The summed E-state index contributed by atoms with van der Waals surface area (Å²) in [6.45, 7) is 15.6. The molecule has 0 radical (unpaired) electrons. The van der Waals surface area contributed by atoms with E-state index in [1.54, 1.807) is 0 Å². The molecule has 4 aliphatic heterocycles. The molecule has 0 spiro atoms. The lowest BCUT2D eigenvalue weighted by Gasteiger charge is -2.43. The number of fused-ring (bicyclic) bond motifs is 8. The van der Waals surface area contributed by atoms with Crippen LogP contribution in [0.3, 0.4) is 0 Å². The third-order valence-electron chi connectivity index (χ3n) is 12.5. The minimum absolute atomic E-state index is 0.0224. The van der Waals surface area contributed by atoms with E-state index in [4.69, 9.17) is 9.47 Å². The SMILES string of the molecule is Cc1ccc(N2c3ccc(C)cc3B3c4cc5c(cc4Oc4cc(I)cc2c43)Oc2cc(C(C)(C)C)cc3c2B5c2c(C)cccc2N3c2ccc(C)cc2)cc1. The molecule has 0 amide bonds. The second-order valence-corrected chi connectivity index (χ2v) is 18.6. The summed E-state index contributed by atoms with van der Waals surface area (Å²) in [6.07, 6.45) is 0. The van der Waals surface area contributed by atoms with Crippen LogP contribution in [0.2, 0.25) is 0 Å². The van der Waals surface area contributed by atoms with Gasteiger partial charge in [0.1, 0.15) is 23.0 Å². The number of benzene rings is 7.